The molecule has 0 heterocycles. The van der Waals surface area contributed by atoms with Crippen LogP contribution >= 0.6 is 12.6 Å². The molecule has 0 aromatic carbocycles. The third kappa shape index (κ3) is 97.0. The van der Waals surface area contributed by atoms with Crippen LogP contribution in [0.1, 0.15) is 0 Å². The Hall–Kier alpha value is 0.380. The molecule has 6 heteroatoms. The Kier molecular flexibility index (Phi) is 14.5. The predicted molar refractivity (Wildman–Crippen MR) is 34.3 cm³/mol. The smallest absolute Gasteiger partial charge is 0.299 e. The normalized spacial score (nSPS) is 8.12. The van der Waals surface area contributed by atoms with Crippen LogP contribution in [0.5, 0.6) is 0 Å². The topological polar surface area (TPSA) is 77.8 Å². The summed E-state index contributed by atoms with van der Waals surface area (Å²) >= 11 is 1.06. The summed E-state index contributed by atoms with van der Waals surface area (Å²) < 4.78 is 22.8. The molecule has 0 unspecified atom stereocenters. The molecule has 0 rings (SSSR count). The fourth-order valence-corrected chi connectivity index (χ4v) is 0. The second kappa shape index (κ2) is 10.4. The number of hydrogen-bond acceptors (Lipinski definition) is 3. The van der Waals surface area contributed by atoms with Gasteiger partial charge in [0.2, 0.25) is 0 Å². The number of hydrogen-bond donors (Lipinski definition) is 4. The lowest BCUT2D eigenvalue weighted by Gasteiger charge is -1.69. The van der Waals surface area contributed by atoms with E-state index in [0.717, 1.165) is 0 Å². The summed E-state index contributed by atoms with van der Waals surface area (Å²) in [6.07, 6.45) is 0. The average molecular weight is 160 g/mol. The Balaban J connectivity index is 0. The second-order valence-electron chi connectivity index (χ2n) is 0.678. The summed E-state index contributed by atoms with van der Waals surface area (Å²) in [6, 6.07) is 0. The molecule has 0 aliphatic carbocycles. The molecule has 0 fully saturated rings. The van der Waals surface area contributed by atoms with Gasteiger partial charge in [0, 0.05) is 5.75 Å². The molecule has 0 atom stereocenters. The van der Waals surface area contributed by atoms with E-state index in [1.54, 1.807) is 0 Å². The van der Waals surface area contributed by atoms with Crippen LogP contribution in [0, 0.1) is 0 Å². The van der Waals surface area contributed by atoms with E-state index < -0.39 is 11.4 Å². The molecule has 0 radical (unpaired) electrons. The summed E-state index contributed by atoms with van der Waals surface area (Å²) in [5.41, 5.74) is 0. The van der Waals surface area contributed by atoms with Crippen LogP contribution in [0.4, 0.5) is 0 Å². The van der Waals surface area contributed by atoms with E-state index in [0.29, 0.717) is 5.75 Å². The van der Waals surface area contributed by atoms with E-state index in [1.165, 1.54) is 0 Å². The van der Waals surface area contributed by atoms with Crippen molar-refractivity contribution in [3.8, 4) is 0 Å². The van der Waals surface area contributed by atoms with Crippen LogP contribution in [0.2, 0.25) is 0 Å². The molecule has 0 aromatic heterocycles. The zero-order valence-corrected chi connectivity index (χ0v) is 5.73. The largest absolute Gasteiger partial charge is 0.396 e. The summed E-state index contributed by atoms with van der Waals surface area (Å²) in [6.45, 7) is 0.184. The molecule has 4 nitrogen and oxygen atoms in total. The minimum absolute atomic E-state index is 0.184. The van der Waals surface area contributed by atoms with Crippen molar-refractivity contribution in [2.75, 3.05) is 12.4 Å². The first-order valence-corrected chi connectivity index (χ1v) is 3.36. The van der Waals surface area contributed by atoms with Gasteiger partial charge in [-0.3, -0.25) is 9.11 Å². The van der Waals surface area contributed by atoms with Crippen molar-refractivity contribution in [1.82, 2.24) is 0 Å². The molecule has 0 amide bonds. The molecule has 3 N–H and O–H groups in total. The van der Waals surface area contributed by atoms with E-state index in [9.17, 15) is 0 Å². The lowest BCUT2D eigenvalue weighted by atomic mass is 10.9. The first-order valence-electron chi connectivity index (χ1n) is 1.66. The van der Waals surface area contributed by atoms with Crippen LogP contribution in [0.3, 0.4) is 0 Å². The van der Waals surface area contributed by atoms with Gasteiger partial charge < -0.3 is 5.11 Å². The van der Waals surface area contributed by atoms with Crippen LogP contribution in [-0.2, 0) is 11.4 Å². The first-order chi connectivity index (χ1) is 3.65. The third-order valence-corrected chi connectivity index (χ3v) is 0.300. The molecule has 8 heavy (non-hydrogen) atoms. The number of rotatable bonds is 1. The highest BCUT2D eigenvalue weighted by atomic mass is 32.2. The molecule has 52 valence electrons. The summed E-state index contributed by atoms with van der Waals surface area (Å²) in [7, 11) is 0. The second-order valence-corrected chi connectivity index (χ2v) is 1.59. The van der Waals surface area contributed by atoms with Crippen molar-refractivity contribution >= 4 is 24.0 Å². The Bertz CT molecular complexity index is 50.0. The van der Waals surface area contributed by atoms with Crippen molar-refractivity contribution in [2.24, 2.45) is 0 Å². The van der Waals surface area contributed by atoms with E-state index >= 15 is 0 Å². The Morgan fingerprint density at radius 2 is 1.62 bits per heavy atom. The number of aliphatic hydroxyl groups excluding tert-OH is 1. The summed E-state index contributed by atoms with van der Waals surface area (Å²) in [4.78, 5) is 0. The molecular weight excluding hydrogens is 152 g/mol. The first kappa shape index (κ1) is 11.2. The van der Waals surface area contributed by atoms with Crippen molar-refractivity contribution in [3.63, 3.8) is 0 Å². The molecular formula is C2H8O4S2. The van der Waals surface area contributed by atoms with Crippen LogP contribution in [-0.4, -0.2) is 30.8 Å². The fourth-order valence-electron chi connectivity index (χ4n) is 0. The quantitative estimate of drug-likeness (QED) is 0.310. The van der Waals surface area contributed by atoms with Gasteiger partial charge in [-0.05, 0) is 0 Å². The maximum Gasteiger partial charge on any atom is 0.299 e. The highest BCUT2D eigenvalue weighted by Crippen LogP contribution is 1.61. The van der Waals surface area contributed by atoms with Gasteiger partial charge in [0.15, 0.2) is 0 Å². The van der Waals surface area contributed by atoms with Gasteiger partial charge in [-0.1, -0.05) is 0 Å². The lowest BCUT2D eigenvalue weighted by Crippen LogP contribution is -1.76. The molecule has 0 saturated heterocycles. The predicted octanol–water partition coefficient (Wildman–Crippen LogP) is -0.410. The number of aliphatic hydroxyl groups is 1. The van der Waals surface area contributed by atoms with Crippen LogP contribution in [0.15, 0.2) is 0 Å². The van der Waals surface area contributed by atoms with E-state index in [4.69, 9.17) is 18.4 Å². The van der Waals surface area contributed by atoms with Gasteiger partial charge in [-0.25, -0.2) is 0 Å². The van der Waals surface area contributed by atoms with Gasteiger partial charge in [0.25, 0.3) is 11.4 Å². The van der Waals surface area contributed by atoms with E-state index in [1.807, 2.05) is 0 Å². The van der Waals surface area contributed by atoms with Gasteiger partial charge >= 0.3 is 0 Å². The maximum atomic E-state index is 8.67. The molecule has 0 bridgehead atoms. The molecule has 0 aliphatic rings. The Labute approximate surface area is 55.4 Å². The highest BCUT2D eigenvalue weighted by molar-refractivity contribution is 7.80. The van der Waals surface area contributed by atoms with Gasteiger partial charge in [-0.15, -0.1) is 0 Å². The summed E-state index contributed by atoms with van der Waals surface area (Å²) in [5, 5.41) is 7.80. The van der Waals surface area contributed by atoms with E-state index in [-0.39, 0.29) is 6.61 Å². The lowest BCUT2D eigenvalue weighted by molar-refractivity contribution is 0.323. The van der Waals surface area contributed by atoms with Crippen molar-refractivity contribution in [2.45, 2.75) is 0 Å². The van der Waals surface area contributed by atoms with E-state index in [2.05, 4.69) is 12.6 Å². The third-order valence-electron chi connectivity index (χ3n) is 0.1000. The Morgan fingerprint density at radius 1 is 1.50 bits per heavy atom. The maximum absolute atomic E-state index is 8.67. The Morgan fingerprint density at radius 3 is 1.62 bits per heavy atom. The minimum atomic E-state index is -2.61. The van der Waals surface area contributed by atoms with Crippen molar-refractivity contribution in [1.29, 1.82) is 0 Å². The van der Waals surface area contributed by atoms with Gasteiger partial charge in [0.1, 0.15) is 0 Å². The number of thiol groups is 1. The zero-order chi connectivity index (χ0) is 6.99. The SMILES string of the molecule is O=S(O)O.OCCS. The molecule has 0 aliphatic heterocycles. The zero-order valence-electron chi connectivity index (χ0n) is 4.02. The fraction of sp³-hybridized carbons (Fsp3) is 1.00. The average Bonchev–Trinajstić information content (AvgIpc) is 1.65. The monoisotopic (exact) mass is 160 g/mol. The highest BCUT2D eigenvalue weighted by Gasteiger charge is 1.62. The van der Waals surface area contributed by atoms with Gasteiger partial charge in [-0.2, -0.15) is 16.8 Å². The summed E-state index contributed by atoms with van der Waals surface area (Å²) in [5.74, 6) is 0.569. The van der Waals surface area contributed by atoms with Crippen LogP contribution in [0.25, 0.3) is 0 Å². The standard InChI is InChI=1S/C2H6OS.H2O3S/c3-1-2-4;1-4(2)3/h3-4H,1-2H2;(H2,1,2,3). The van der Waals surface area contributed by atoms with Crippen LogP contribution < -0.4 is 0 Å². The molecule has 0 saturated carbocycles. The molecule has 0 aromatic rings. The van der Waals surface area contributed by atoms with Gasteiger partial charge in [0.05, 0.1) is 6.61 Å². The molecule has 0 spiro atoms. The van der Waals surface area contributed by atoms with Crippen molar-refractivity contribution in [3.05, 3.63) is 0 Å². The minimum Gasteiger partial charge on any atom is -0.396 e. The van der Waals surface area contributed by atoms with Crippen molar-refractivity contribution < 1.29 is 18.4 Å².